The molecular weight excluding hydrogens is 308 g/mol. The van der Waals surface area contributed by atoms with Crippen LogP contribution in [0.3, 0.4) is 0 Å². The number of nitrogens with zero attached hydrogens (tertiary/aromatic N) is 2. The average Bonchev–Trinajstić information content (AvgIpc) is 2.80. The third kappa shape index (κ3) is 3.18. The number of likely N-dealkylation sites (tertiary alicyclic amines) is 1. The van der Waals surface area contributed by atoms with Crippen molar-refractivity contribution in [2.75, 3.05) is 26.7 Å². The van der Waals surface area contributed by atoms with E-state index in [1.165, 1.54) is 0 Å². The molecule has 0 bridgehead atoms. The van der Waals surface area contributed by atoms with Crippen molar-refractivity contribution in [1.29, 1.82) is 0 Å². The molecule has 1 atom stereocenters. The Morgan fingerprint density at radius 1 is 1.25 bits per heavy atom. The van der Waals surface area contributed by atoms with E-state index in [2.05, 4.69) is 0 Å². The van der Waals surface area contributed by atoms with Crippen LogP contribution in [0.25, 0.3) is 0 Å². The minimum absolute atomic E-state index is 0.0870. The van der Waals surface area contributed by atoms with E-state index in [1.807, 2.05) is 30.3 Å². The zero-order chi connectivity index (χ0) is 17.4. The first-order chi connectivity index (χ1) is 11.3. The molecule has 0 radical (unpaired) electrons. The number of rotatable bonds is 3. The predicted molar refractivity (Wildman–Crippen MR) is 88.8 cm³/mol. The normalized spacial score (nSPS) is 24.2. The third-order valence-corrected chi connectivity index (χ3v) is 4.60. The number of hydrogen-bond donors (Lipinski definition) is 0. The van der Waals surface area contributed by atoms with Gasteiger partial charge in [-0.2, -0.15) is 0 Å². The van der Waals surface area contributed by atoms with Crippen LogP contribution in [-0.2, 0) is 9.53 Å². The Morgan fingerprint density at radius 3 is 2.58 bits per heavy atom. The average molecular weight is 332 g/mol. The Kier molecular flexibility index (Phi) is 4.15. The summed E-state index contributed by atoms with van der Waals surface area (Å²) >= 11 is 0. The Hall–Kier alpha value is -2.24. The molecule has 2 fully saturated rings. The Balaban J connectivity index is 1.71. The first-order valence-electron chi connectivity index (χ1n) is 8.29. The lowest BCUT2D eigenvalue weighted by molar-refractivity contribution is -0.151. The molecule has 2 saturated heterocycles. The van der Waals surface area contributed by atoms with Crippen LogP contribution < -0.4 is 4.74 Å². The zero-order valence-electron chi connectivity index (χ0n) is 14.4. The maximum Gasteiger partial charge on any atom is 0.410 e. The Morgan fingerprint density at radius 2 is 1.96 bits per heavy atom. The Bertz CT molecular complexity index is 631. The van der Waals surface area contributed by atoms with Gasteiger partial charge < -0.3 is 19.3 Å². The SMILES string of the molecule is CN1CC2(CCCN(C(=O)C(C)(C)Oc3ccccc3)C2)OC1=O. The van der Waals surface area contributed by atoms with E-state index in [-0.39, 0.29) is 12.0 Å². The molecule has 0 N–H and O–H groups in total. The van der Waals surface area contributed by atoms with Gasteiger partial charge in [0.1, 0.15) is 11.4 Å². The summed E-state index contributed by atoms with van der Waals surface area (Å²) in [6, 6.07) is 9.32. The maximum absolute atomic E-state index is 13.0. The van der Waals surface area contributed by atoms with E-state index in [0.29, 0.717) is 25.4 Å². The molecule has 6 heteroatoms. The van der Waals surface area contributed by atoms with Gasteiger partial charge >= 0.3 is 6.09 Å². The topological polar surface area (TPSA) is 59.1 Å². The van der Waals surface area contributed by atoms with Crippen LogP contribution in [-0.4, -0.2) is 59.7 Å². The quantitative estimate of drug-likeness (QED) is 0.852. The minimum Gasteiger partial charge on any atom is -0.478 e. The monoisotopic (exact) mass is 332 g/mol. The lowest BCUT2D eigenvalue weighted by Crippen LogP contribution is -2.57. The number of amides is 2. The summed E-state index contributed by atoms with van der Waals surface area (Å²) in [7, 11) is 1.72. The lowest BCUT2D eigenvalue weighted by atomic mass is 9.91. The highest BCUT2D eigenvalue weighted by molar-refractivity contribution is 5.85. The maximum atomic E-state index is 13.0. The summed E-state index contributed by atoms with van der Waals surface area (Å²) in [6.45, 7) is 5.15. The first-order valence-corrected chi connectivity index (χ1v) is 8.29. The summed E-state index contributed by atoms with van der Waals surface area (Å²) in [4.78, 5) is 28.0. The molecule has 3 rings (SSSR count). The molecular formula is C18H24N2O4. The van der Waals surface area contributed by atoms with Gasteiger partial charge in [-0.25, -0.2) is 4.79 Å². The molecule has 1 aromatic carbocycles. The van der Waals surface area contributed by atoms with E-state index in [9.17, 15) is 9.59 Å². The molecule has 2 heterocycles. The lowest BCUT2D eigenvalue weighted by Gasteiger charge is -2.41. The van der Waals surface area contributed by atoms with Gasteiger partial charge in [0.2, 0.25) is 0 Å². The summed E-state index contributed by atoms with van der Waals surface area (Å²) < 4.78 is 11.5. The van der Waals surface area contributed by atoms with Crippen LogP contribution >= 0.6 is 0 Å². The van der Waals surface area contributed by atoms with Crippen LogP contribution in [0.5, 0.6) is 5.75 Å². The molecule has 1 unspecified atom stereocenters. The second-order valence-corrected chi connectivity index (χ2v) is 7.16. The van der Waals surface area contributed by atoms with Crippen molar-refractivity contribution in [3.05, 3.63) is 30.3 Å². The highest BCUT2D eigenvalue weighted by atomic mass is 16.6. The number of benzene rings is 1. The van der Waals surface area contributed by atoms with Crippen LogP contribution in [0.4, 0.5) is 4.79 Å². The number of carbonyl (C=O) groups is 2. The number of piperidine rings is 1. The number of carbonyl (C=O) groups excluding carboxylic acids is 2. The number of hydrogen-bond acceptors (Lipinski definition) is 4. The van der Waals surface area contributed by atoms with E-state index in [1.54, 1.807) is 30.7 Å². The molecule has 0 saturated carbocycles. The second-order valence-electron chi connectivity index (χ2n) is 7.16. The molecule has 6 nitrogen and oxygen atoms in total. The van der Waals surface area contributed by atoms with Crippen LogP contribution in [0, 0.1) is 0 Å². The van der Waals surface area contributed by atoms with Crippen molar-refractivity contribution in [1.82, 2.24) is 9.80 Å². The van der Waals surface area contributed by atoms with Gasteiger partial charge in [0, 0.05) is 13.6 Å². The molecule has 0 aliphatic carbocycles. The van der Waals surface area contributed by atoms with Gasteiger partial charge in [-0.05, 0) is 38.8 Å². The van der Waals surface area contributed by atoms with Crippen LogP contribution in [0.15, 0.2) is 30.3 Å². The molecule has 2 aliphatic heterocycles. The summed E-state index contributed by atoms with van der Waals surface area (Å²) in [6.07, 6.45) is 1.28. The minimum atomic E-state index is -0.978. The van der Waals surface area contributed by atoms with Gasteiger partial charge in [-0.15, -0.1) is 0 Å². The smallest absolute Gasteiger partial charge is 0.410 e. The van der Waals surface area contributed by atoms with Gasteiger partial charge in [-0.3, -0.25) is 4.79 Å². The van der Waals surface area contributed by atoms with Crippen molar-refractivity contribution in [3.8, 4) is 5.75 Å². The summed E-state index contributed by atoms with van der Waals surface area (Å²) in [5, 5.41) is 0. The van der Waals surface area contributed by atoms with Crippen LogP contribution in [0.2, 0.25) is 0 Å². The van der Waals surface area contributed by atoms with E-state index in [4.69, 9.17) is 9.47 Å². The zero-order valence-corrected chi connectivity index (χ0v) is 14.4. The fraction of sp³-hybridized carbons (Fsp3) is 0.556. The molecule has 1 aromatic rings. The van der Waals surface area contributed by atoms with Gasteiger partial charge in [0.05, 0.1) is 13.1 Å². The highest BCUT2D eigenvalue weighted by Crippen LogP contribution is 2.32. The molecule has 1 spiro atoms. The summed E-state index contributed by atoms with van der Waals surface area (Å²) in [5.74, 6) is 0.575. The number of para-hydroxylation sites is 1. The van der Waals surface area contributed by atoms with E-state index < -0.39 is 11.2 Å². The standard InChI is InChI=1S/C18H24N2O4/c1-17(2,23-14-8-5-4-6-9-14)15(21)20-11-7-10-18(13-20)12-19(3)16(22)24-18/h4-6,8-9H,7,10-13H2,1-3H3. The molecule has 2 amide bonds. The fourth-order valence-electron chi connectivity index (χ4n) is 3.48. The largest absolute Gasteiger partial charge is 0.478 e. The number of likely N-dealkylation sites (N-methyl/N-ethyl adjacent to an activating group) is 1. The van der Waals surface area contributed by atoms with Gasteiger partial charge in [-0.1, -0.05) is 18.2 Å². The van der Waals surface area contributed by atoms with Crippen molar-refractivity contribution >= 4 is 12.0 Å². The molecule has 0 aromatic heterocycles. The van der Waals surface area contributed by atoms with Crippen molar-refractivity contribution in [2.24, 2.45) is 0 Å². The van der Waals surface area contributed by atoms with Crippen molar-refractivity contribution in [2.45, 2.75) is 37.9 Å². The fourth-order valence-corrected chi connectivity index (χ4v) is 3.48. The van der Waals surface area contributed by atoms with Gasteiger partial charge in [0.25, 0.3) is 5.91 Å². The van der Waals surface area contributed by atoms with Gasteiger partial charge in [0.15, 0.2) is 5.60 Å². The second kappa shape index (κ2) is 6.00. The molecule has 130 valence electrons. The first kappa shape index (κ1) is 16.6. The third-order valence-electron chi connectivity index (χ3n) is 4.60. The Labute approximate surface area is 142 Å². The van der Waals surface area contributed by atoms with Crippen molar-refractivity contribution in [3.63, 3.8) is 0 Å². The van der Waals surface area contributed by atoms with E-state index >= 15 is 0 Å². The molecule has 24 heavy (non-hydrogen) atoms. The van der Waals surface area contributed by atoms with E-state index in [0.717, 1.165) is 12.8 Å². The molecule has 2 aliphatic rings. The predicted octanol–water partition coefficient (Wildman–Crippen LogP) is 2.29. The highest BCUT2D eigenvalue weighted by Gasteiger charge is 2.49. The van der Waals surface area contributed by atoms with Crippen molar-refractivity contribution < 1.29 is 19.1 Å². The number of ether oxygens (including phenoxy) is 2. The summed E-state index contributed by atoms with van der Waals surface area (Å²) in [5.41, 5.74) is -1.56. The van der Waals surface area contributed by atoms with Crippen LogP contribution in [0.1, 0.15) is 26.7 Å².